The molecule has 1 aromatic heterocycles. The van der Waals surface area contributed by atoms with Gasteiger partial charge in [-0.15, -0.1) is 0 Å². The van der Waals surface area contributed by atoms with Crippen LogP contribution in [0.4, 0.5) is 5.95 Å². The number of hydrogen-bond donors (Lipinski definition) is 1. The zero-order chi connectivity index (χ0) is 14.0. The van der Waals surface area contributed by atoms with Gasteiger partial charge in [-0.1, -0.05) is 20.8 Å². The Morgan fingerprint density at radius 3 is 2.37 bits per heavy atom. The van der Waals surface area contributed by atoms with Crippen molar-refractivity contribution in [2.45, 2.75) is 45.6 Å². The Morgan fingerprint density at radius 2 is 1.84 bits per heavy atom. The number of methoxy groups -OCH3 is 1. The lowest BCUT2D eigenvalue weighted by atomic mass is 9.89. The van der Waals surface area contributed by atoms with Crippen molar-refractivity contribution in [3.8, 4) is 5.75 Å². The van der Waals surface area contributed by atoms with Crippen molar-refractivity contribution in [1.82, 2.24) is 9.55 Å². The van der Waals surface area contributed by atoms with E-state index in [1.54, 1.807) is 7.11 Å². The number of aromatic nitrogens is 2. The summed E-state index contributed by atoms with van der Waals surface area (Å²) in [6.07, 6.45) is 3.13. The van der Waals surface area contributed by atoms with E-state index < -0.39 is 0 Å². The van der Waals surface area contributed by atoms with Gasteiger partial charge < -0.3 is 15.0 Å². The van der Waals surface area contributed by atoms with Crippen LogP contribution < -0.4 is 10.5 Å². The van der Waals surface area contributed by atoms with Gasteiger partial charge in [-0.05, 0) is 31.4 Å². The SMILES string of the molecule is CCC(CC)(CC)n1c(N)nc2cc(OC)ccc21. The Hall–Kier alpha value is -1.71. The fourth-order valence-corrected chi connectivity index (χ4v) is 2.93. The number of nitrogen functional groups attached to an aromatic ring is 1. The Morgan fingerprint density at radius 1 is 1.21 bits per heavy atom. The molecule has 0 saturated carbocycles. The maximum atomic E-state index is 6.17. The summed E-state index contributed by atoms with van der Waals surface area (Å²) in [4.78, 5) is 4.49. The van der Waals surface area contributed by atoms with Crippen LogP contribution in [0.3, 0.4) is 0 Å². The van der Waals surface area contributed by atoms with Crippen LogP contribution in [0.1, 0.15) is 40.0 Å². The quantitative estimate of drug-likeness (QED) is 0.895. The van der Waals surface area contributed by atoms with Crippen LogP contribution in [0.2, 0.25) is 0 Å². The highest BCUT2D eigenvalue weighted by molar-refractivity contribution is 5.80. The van der Waals surface area contributed by atoms with E-state index >= 15 is 0 Å². The van der Waals surface area contributed by atoms with Crippen LogP contribution in [0, 0.1) is 0 Å². The zero-order valence-electron chi connectivity index (χ0n) is 12.2. The molecular formula is C15H23N3O. The molecular weight excluding hydrogens is 238 g/mol. The predicted molar refractivity (Wildman–Crippen MR) is 79.5 cm³/mol. The number of ether oxygens (including phenoxy) is 1. The summed E-state index contributed by atoms with van der Waals surface area (Å²) < 4.78 is 7.44. The highest BCUT2D eigenvalue weighted by Crippen LogP contribution is 2.36. The molecule has 1 aromatic carbocycles. The van der Waals surface area contributed by atoms with E-state index in [0.717, 1.165) is 36.0 Å². The lowest BCUT2D eigenvalue weighted by molar-refractivity contribution is 0.262. The molecule has 2 rings (SSSR count). The molecule has 1 heterocycles. The normalized spacial score (nSPS) is 12.0. The summed E-state index contributed by atoms with van der Waals surface area (Å²) in [5.41, 5.74) is 8.20. The molecule has 0 atom stereocenters. The maximum absolute atomic E-state index is 6.17. The van der Waals surface area contributed by atoms with Crippen molar-refractivity contribution in [3.63, 3.8) is 0 Å². The first-order valence-corrected chi connectivity index (χ1v) is 6.94. The molecule has 0 fully saturated rings. The summed E-state index contributed by atoms with van der Waals surface area (Å²) in [7, 11) is 1.66. The summed E-state index contributed by atoms with van der Waals surface area (Å²) in [6.45, 7) is 6.63. The van der Waals surface area contributed by atoms with E-state index in [4.69, 9.17) is 10.5 Å². The molecule has 0 unspecified atom stereocenters. The second-order valence-corrected chi connectivity index (χ2v) is 4.95. The van der Waals surface area contributed by atoms with E-state index in [0.29, 0.717) is 5.95 Å². The van der Waals surface area contributed by atoms with Crippen molar-refractivity contribution >= 4 is 17.0 Å². The number of nitrogens with zero attached hydrogens (tertiary/aromatic N) is 2. The Kier molecular flexibility index (Phi) is 3.69. The standard InChI is InChI=1S/C15H23N3O/c1-5-15(6-2,7-3)18-13-9-8-11(19-4)10-12(13)17-14(18)16/h8-10H,5-7H2,1-4H3,(H2,16,17). The van der Waals surface area contributed by atoms with Crippen LogP contribution >= 0.6 is 0 Å². The second-order valence-electron chi connectivity index (χ2n) is 4.95. The van der Waals surface area contributed by atoms with Crippen LogP contribution in [0.25, 0.3) is 11.0 Å². The molecule has 0 amide bonds. The van der Waals surface area contributed by atoms with Crippen LogP contribution in [-0.2, 0) is 5.54 Å². The van der Waals surface area contributed by atoms with Crippen molar-refractivity contribution in [2.24, 2.45) is 0 Å². The van der Waals surface area contributed by atoms with Crippen molar-refractivity contribution in [3.05, 3.63) is 18.2 Å². The third-order valence-electron chi connectivity index (χ3n) is 4.34. The topological polar surface area (TPSA) is 53.1 Å². The van der Waals surface area contributed by atoms with Crippen LogP contribution in [0.15, 0.2) is 18.2 Å². The first kappa shape index (κ1) is 13.7. The van der Waals surface area contributed by atoms with E-state index in [9.17, 15) is 0 Å². The Balaban J connectivity index is 2.69. The lowest BCUT2D eigenvalue weighted by Crippen LogP contribution is -2.32. The monoisotopic (exact) mass is 261 g/mol. The van der Waals surface area contributed by atoms with Crippen LogP contribution in [0.5, 0.6) is 5.75 Å². The molecule has 2 N–H and O–H groups in total. The smallest absolute Gasteiger partial charge is 0.201 e. The Labute approximate surface area is 114 Å². The summed E-state index contributed by atoms with van der Waals surface area (Å²) >= 11 is 0. The van der Waals surface area contributed by atoms with Gasteiger partial charge in [-0.25, -0.2) is 4.98 Å². The molecule has 4 heteroatoms. The third kappa shape index (κ3) is 2.05. The van der Waals surface area contributed by atoms with Crippen LogP contribution in [-0.4, -0.2) is 16.7 Å². The highest BCUT2D eigenvalue weighted by atomic mass is 16.5. The molecule has 0 aliphatic rings. The number of anilines is 1. The van der Waals surface area contributed by atoms with Gasteiger partial charge >= 0.3 is 0 Å². The first-order chi connectivity index (χ1) is 9.11. The predicted octanol–water partition coefficient (Wildman–Crippen LogP) is 3.55. The lowest BCUT2D eigenvalue weighted by Gasteiger charge is -2.33. The summed E-state index contributed by atoms with van der Waals surface area (Å²) in [6, 6.07) is 5.95. The van der Waals surface area contributed by atoms with Crippen molar-refractivity contribution in [2.75, 3.05) is 12.8 Å². The first-order valence-electron chi connectivity index (χ1n) is 6.94. The summed E-state index contributed by atoms with van der Waals surface area (Å²) in [5.74, 6) is 1.40. The molecule has 4 nitrogen and oxygen atoms in total. The number of hydrogen-bond acceptors (Lipinski definition) is 3. The molecule has 2 aromatic rings. The zero-order valence-corrected chi connectivity index (χ0v) is 12.2. The number of rotatable bonds is 5. The molecule has 104 valence electrons. The van der Waals surface area contributed by atoms with E-state index in [1.807, 2.05) is 18.2 Å². The van der Waals surface area contributed by atoms with Gasteiger partial charge in [-0.2, -0.15) is 0 Å². The van der Waals surface area contributed by atoms with E-state index in [-0.39, 0.29) is 5.54 Å². The minimum Gasteiger partial charge on any atom is -0.497 e. The maximum Gasteiger partial charge on any atom is 0.201 e. The van der Waals surface area contributed by atoms with Crippen molar-refractivity contribution < 1.29 is 4.74 Å². The fourth-order valence-electron chi connectivity index (χ4n) is 2.93. The number of imidazole rings is 1. The molecule has 0 aliphatic carbocycles. The van der Waals surface area contributed by atoms with Gasteiger partial charge in [0, 0.05) is 11.6 Å². The van der Waals surface area contributed by atoms with Gasteiger partial charge in [0.1, 0.15) is 5.75 Å². The van der Waals surface area contributed by atoms with Gasteiger partial charge in [-0.3, -0.25) is 0 Å². The molecule has 0 aliphatic heterocycles. The minimum absolute atomic E-state index is 0.0490. The van der Waals surface area contributed by atoms with E-state index in [1.165, 1.54) is 0 Å². The minimum atomic E-state index is 0.0490. The van der Waals surface area contributed by atoms with E-state index in [2.05, 4.69) is 30.3 Å². The molecule has 0 bridgehead atoms. The molecule has 0 radical (unpaired) electrons. The second kappa shape index (κ2) is 5.11. The highest BCUT2D eigenvalue weighted by Gasteiger charge is 2.29. The summed E-state index contributed by atoms with van der Waals surface area (Å²) in [5, 5.41) is 0. The average molecular weight is 261 g/mol. The van der Waals surface area contributed by atoms with Crippen molar-refractivity contribution in [1.29, 1.82) is 0 Å². The van der Waals surface area contributed by atoms with Gasteiger partial charge in [0.2, 0.25) is 5.95 Å². The van der Waals surface area contributed by atoms with Gasteiger partial charge in [0.05, 0.1) is 18.1 Å². The fraction of sp³-hybridized carbons (Fsp3) is 0.533. The molecule has 19 heavy (non-hydrogen) atoms. The van der Waals surface area contributed by atoms with Gasteiger partial charge in [0.25, 0.3) is 0 Å². The average Bonchev–Trinajstić information content (AvgIpc) is 2.77. The largest absolute Gasteiger partial charge is 0.497 e. The number of nitrogens with two attached hydrogens (primary N) is 1. The number of benzene rings is 1. The third-order valence-corrected chi connectivity index (χ3v) is 4.34. The molecule has 0 saturated heterocycles. The number of fused-ring (bicyclic) bond motifs is 1. The Bertz CT molecular complexity index is 562. The van der Waals surface area contributed by atoms with Gasteiger partial charge in [0.15, 0.2) is 0 Å². The molecule has 0 spiro atoms.